The van der Waals surface area contributed by atoms with Crippen LogP contribution in [0.15, 0.2) is 43.1 Å². The van der Waals surface area contributed by atoms with E-state index in [1.807, 2.05) is 0 Å². The highest BCUT2D eigenvalue weighted by Crippen LogP contribution is 2.25. The van der Waals surface area contributed by atoms with E-state index in [1.165, 1.54) is 30.5 Å². The van der Waals surface area contributed by atoms with Gasteiger partial charge in [0, 0.05) is 17.6 Å². The van der Waals surface area contributed by atoms with Gasteiger partial charge in [-0.15, -0.1) is 0 Å². The lowest BCUT2D eigenvalue weighted by Crippen LogP contribution is -2.06. The number of para-hydroxylation sites is 1. The molecule has 0 aliphatic carbocycles. The Kier molecular flexibility index (Phi) is 3.51. The number of ether oxygens (including phenoxy) is 1. The summed E-state index contributed by atoms with van der Waals surface area (Å²) < 4.78 is 4.93. The summed E-state index contributed by atoms with van der Waals surface area (Å²) in [6.45, 7) is 3.53. The number of non-ortho nitro benzene ring substituents is 1. The molecule has 0 aliphatic heterocycles. The maximum absolute atomic E-state index is 11.8. The maximum Gasteiger partial charge on any atom is 0.339 e. The number of carbonyl (C=O) groups excluding carboxylic acids is 1. The number of rotatable bonds is 4. The molecule has 0 N–H and O–H groups in total. The van der Waals surface area contributed by atoms with Gasteiger partial charge in [0.2, 0.25) is 0 Å². The largest absolute Gasteiger partial charge is 0.458 e. The first-order chi connectivity index (χ1) is 9.15. The Morgan fingerprint density at radius 1 is 1.47 bits per heavy atom. The molecule has 1 aromatic heterocycles. The van der Waals surface area contributed by atoms with Gasteiger partial charge >= 0.3 is 5.97 Å². The fourth-order valence-electron chi connectivity index (χ4n) is 1.70. The summed E-state index contributed by atoms with van der Waals surface area (Å²) in [6.07, 6.45) is 2.80. The van der Waals surface area contributed by atoms with Crippen LogP contribution in [0.5, 0.6) is 0 Å². The molecule has 1 aromatic carbocycles. The molecule has 0 saturated carbocycles. The zero-order chi connectivity index (χ0) is 13.8. The molecule has 0 spiro atoms. The molecule has 2 rings (SSSR count). The quantitative estimate of drug-likeness (QED) is 0.364. The van der Waals surface area contributed by atoms with Crippen molar-refractivity contribution in [2.24, 2.45) is 0 Å². The number of benzene rings is 1. The number of carbonyl (C=O) groups is 1. The normalized spacial score (nSPS) is 10.1. The summed E-state index contributed by atoms with van der Waals surface area (Å²) in [4.78, 5) is 26.2. The third-order valence-corrected chi connectivity index (χ3v) is 2.50. The van der Waals surface area contributed by atoms with Crippen molar-refractivity contribution in [3.8, 4) is 0 Å². The lowest BCUT2D eigenvalue weighted by atomic mass is 10.1. The molecule has 19 heavy (non-hydrogen) atoms. The van der Waals surface area contributed by atoms with E-state index in [1.54, 1.807) is 6.07 Å². The zero-order valence-corrected chi connectivity index (χ0v) is 9.91. The van der Waals surface area contributed by atoms with Crippen molar-refractivity contribution >= 4 is 22.6 Å². The molecule has 0 aliphatic rings. The van der Waals surface area contributed by atoms with Crippen molar-refractivity contribution in [3.63, 3.8) is 0 Å². The van der Waals surface area contributed by atoms with Crippen LogP contribution in [0.1, 0.15) is 10.4 Å². The number of fused-ring (bicyclic) bond motifs is 1. The second-order valence-corrected chi connectivity index (χ2v) is 3.68. The molecule has 0 fully saturated rings. The highest BCUT2D eigenvalue weighted by Gasteiger charge is 2.18. The van der Waals surface area contributed by atoms with E-state index in [4.69, 9.17) is 4.74 Å². The van der Waals surface area contributed by atoms with Gasteiger partial charge < -0.3 is 4.74 Å². The SMILES string of the molecule is C=CCOC(=O)c1ccnc2c([N+](=O)[O-])cccc12. The number of nitrogens with zero attached hydrogens (tertiary/aromatic N) is 2. The number of pyridine rings is 1. The van der Waals surface area contributed by atoms with Crippen molar-refractivity contribution in [2.75, 3.05) is 6.61 Å². The molecule has 0 amide bonds. The van der Waals surface area contributed by atoms with E-state index in [2.05, 4.69) is 11.6 Å². The summed E-state index contributed by atoms with van der Waals surface area (Å²) >= 11 is 0. The summed E-state index contributed by atoms with van der Waals surface area (Å²) in [6, 6.07) is 5.91. The second-order valence-electron chi connectivity index (χ2n) is 3.68. The number of aromatic nitrogens is 1. The average molecular weight is 258 g/mol. The molecule has 0 saturated heterocycles. The first-order valence-corrected chi connectivity index (χ1v) is 5.45. The lowest BCUT2D eigenvalue weighted by Gasteiger charge is -2.05. The van der Waals surface area contributed by atoms with E-state index in [0.29, 0.717) is 5.39 Å². The Hall–Kier alpha value is -2.76. The van der Waals surface area contributed by atoms with E-state index >= 15 is 0 Å². The first-order valence-electron chi connectivity index (χ1n) is 5.45. The predicted molar refractivity (Wildman–Crippen MR) is 68.9 cm³/mol. The van der Waals surface area contributed by atoms with Crippen molar-refractivity contribution in [3.05, 3.63) is 58.8 Å². The van der Waals surface area contributed by atoms with Gasteiger partial charge in [-0.3, -0.25) is 10.1 Å². The number of esters is 1. The summed E-state index contributed by atoms with van der Waals surface area (Å²) in [5.74, 6) is -0.562. The fourth-order valence-corrected chi connectivity index (χ4v) is 1.70. The van der Waals surface area contributed by atoms with Gasteiger partial charge in [0.15, 0.2) is 0 Å². The minimum absolute atomic E-state index is 0.0809. The number of nitro benzene ring substituents is 1. The first kappa shape index (κ1) is 12.7. The minimum atomic E-state index is -0.562. The van der Waals surface area contributed by atoms with E-state index in [0.717, 1.165) is 0 Å². The zero-order valence-electron chi connectivity index (χ0n) is 9.91. The highest BCUT2D eigenvalue weighted by atomic mass is 16.6. The van der Waals surface area contributed by atoms with Gasteiger partial charge in [-0.05, 0) is 6.07 Å². The van der Waals surface area contributed by atoms with E-state index in [-0.39, 0.29) is 23.4 Å². The number of hydrogen-bond acceptors (Lipinski definition) is 5. The molecular weight excluding hydrogens is 248 g/mol. The van der Waals surface area contributed by atoms with Crippen LogP contribution in [0.25, 0.3) is 10.9 Å². The molecule has 6 nitrogen and oxygen atoms in total. The van der Waals surface area contributed by atoms with Crippen LogP contribution in [-0.4, -0.2) is 22.5 Å². The van der Waals surface area contributed by atoms with E-state index < -0.39 is 10.9 Å². The van der Waals surface area contributed by atoms with Crippen molar-refractivity contribution in [1.82, 2.24) is 4.98 Å². The van der Waals surface area contributed by atoms with Crippen molar-refractivity contribution in [2.45, 2.75) is 0 Å². The molecule has 2 aromatic rings. The van der Waals surface area contributed by atoms with Crippen LogP contribution < -0.4 is 0 Å². The van der Waals surface area contributed by atoms with Crippen LogP contribution in [0.3, 0.4) is 0 Å². The number of hydrogen-bond donors (Lipinski definition) is 0. The topological polar surface area (TPSA) is 82.3 Å². The molecule has 0 radical (unpaired) electrons. The summed E-state index contributed by atoms with van der Waals surface area (Å²) in [5, 5.41) is 11.3. The predicted octanol–water partition coefficient (Wildman–Crippen LogP) is 2.49. The molecule has 0 unspecified atom stereocenters. The van der Waals surface area contributed by atoms with Crippen LogP contribution in [0.2, 0.25) is 0 Å². The Balaban J connectivity index is 2.58. The van der Waals surface area contributed by atoms with Crippen molar-refractivity contribution in [1.29, 1.82) is 0 Å². The van der Waals surface area contributed by atoms with Crippen molar-refractivity contribution < 1.29 is 14.5 Å². The summed E-state index contributed by atoms with van der Waals surface area (Å²) in [7, 11) is 0. The molecular formula is C13H10N2O4. The Bertz CT molecular complexity index is 667. The number of nitro groups is 1. The van der Waals surface area contributed by atoms with Gasteiger partial charge in [0.25, 0.3) is 5.69 Å². The van der Waals surface area contributed by atoms with Crippen LogP contribution in [0.4, 0.5) is 5.69 Å². The lowest BCUT2D eigenvalue weighted by molar-refractivity contribution is -0.383. The fraction of sp³-hybridized carbons (Fsp3) is 0.0769. The van der Waals surface area contributed by atoms with Gasteiger partial charge in [0.05, 0.1) is 10.5 Å². The highest BCUT2D eigenvalue weighted by molar-refractivity contribution is 6.05. The average Bonchev–Trinajstić information content (AvgIpc) is 2.43. The standard InChI is InChI=1S/C13H10N2O4/c1-2-8-19-13(16)10-6-7-14-12-9(10)4-3-5-11(12)15(17)18/h2-7H,1,8H2. The third-order valence-electron chi connectivity index (χ3n) is 2.50. The molecule has 96 valence electrons. The second kappa shape index (κ2) is 5.26. The van der Waals surface area contributed by atoms with Crippen LogP contribution >= 0.6 is 0 Å². The molecule has 1 heterocycles. The van der Waals surface area contributed by atoms with Crippen LogP contribution in [0, 0.1) is 10.1 Å². The van der Waals surface area contributed by atoms with Gasteiger partial charge in [-0.1, -0.05) is 24.8 Å². The van der Waals surface area contributed by atoms with Gasteiger partial charge in [0.1, 0.15) is 12.1 Å². The Morgan fingerprint density at radius 2 is 2.26 bits per heavy atom. The summed E-state index contributed by atoms with van der Waals surface area (Å²) in [5.41, 5.74) is 0.270. The van der Waals surface area contributed by atoms with Gasteiger partial charge in [-0.2, -0.15) is 0 Å². The molecule has 6 heteroatoms. The monoisotopic (exact) mass is 258 g/mol. The van der Waals surface area contributed by atoms with Gasteiger partial charge in [-0.25, -0.2) is 9.78 Å². The van der Waals surface area contributed by atoms with E-state index in [9.17, 15) is 14.9 Å². The maximum atomic E-state index is 11.8. The molecule has 0 atom stereocenters. The Morgan fingerprint density at radius 3 is 2.95 bits per heavy atom. The van der Waals surface area contributed by atoms with Crippen LogP contribution in [-0.2, 0) is 4.74 Å². The Labute approximate surface area is 108 Å². The smallest absolute Gasteiger partial charge is 0.339 e. The third kappa shape index (κ3) is 2.42. The molecule has 0 bridgehead atoms. The minimum Gasteiger partial charge on any atom is -0.458 e.